The summed E-state index contributed by atoms with van der Waals surface area (Å²) in [7, 11) is 0. The van der Waals surface area contributed by atoms with Gasteiger partial charge < -0.3 is 0 Å². The Morgan fingerprint density at radius 2 is 1.61 bits per heavy atom. The van der Waals surface area contributed by atoms with Crippen LogP contribution in [0.3, 0.4) is 0 Å². The Labute approximate surface area is 135 Å². The van der Waals surface area contributed by atoms with Crippen molar-refractivity contribution in [1.29, 1.82) is 0 Å². The summed E-state index contributed by atoms with van der Waals surface area (Å²) in [5.41, 5.74) is 5.86. The van der Waals surface area contributed by atoms with Crippen LogP contribution in [-0.2, 0) is 0 Å². The van der Waals surface area contributed by atoms with Gasteiger partial charge in [-0.15, -0.1) is 11.3 Å². The van der Waals surface area contributed by atoms with Gasteiger partial charge in [-0.25, -0.2) is 4.39 Å². The van der Waals surface area contributed by atoms with Crippen molar-refractivity contribution in [3.8, 4) is 0 Å². The lowest BCUT2D eigenvalue weighted by molar-refractivity contribution is 0.0848. The van der Waals surface area contributed by atoms with Crippen molar-refractivity contribution < 1.29 is 14.0 Å². The molecule has 0 atom stereocenters. The third-order valence-corrected chi connectivity index (χ3v) is 4.72. The van der Waals surface area contributed by atoms with E-state index in [0.717, 1.165) is 15.6 Å². The second-order valence-corrected chi connectivity index (χ2v) is 6.02. The number of nitrogens with one attached hydrogen (secondary N) is 2. The van der Waals surface area contributed by atoms with Gasteiger partial charge in [0.25, 0.3) is 11.8 Å². The van der Waals surface area contributed by atoms with E-state index < -0.39 is 11.7 Å². The van der Waals surface area contributed by atoms with Crippen LogP contribution in [0.1, 0.15) is 25.6 Å². The van der Waals surface area contributed by atoms with Gasteiger partial charge in [-0.1, -0.05) is 18.2 Å². The highest BCUT2D eigenvalue weighted by Gasteiger charge is 2.16. The summed E-state index contributed by atoms with van der Waals surface area (Å²) in [6.07, 6.45) is 0. The van der Waals surface area contributed by atoms with Gasteiger partial charge >= 0.3 is 0 Å². The average molecular weight is 328 g/mol. The summed E-state index contributed by atoms with van der Waals surface area (Å²) in [6.45, 7) is 1.87. The molecule has 1 aromatic heterocycles. The van der Waals surface area contributed by atoms with Gasteiger partial charge in [-0.05, 0) is 48.2 Å². The normalized spacial score (nSPS) is 10.5. The Hall–Kier alpha value is -2.73. The molecule has 23 heavy (non-hydrogen) atoms. The van der Waals surface area contributed by atoms with Gasteiger partial charge in [0.1, 0.15) is 5.82 Å². The molecule has 116 valence electrons. The number of amides is 2. The standard InChI is InChI=1S/C17H13FN2O2S/c1-10-13-4-2-3-5-14(13)23-15(10)17(22)20-19-16(21)11-6-8-12(18)9-7-11/h2-9H,1H3,(H,19,21)(H,20,22). The predicted molar refractivity (Wildman–Crippen MR) is 87.9 cm³/mol. The Morgan fingerprint density at radius 3 is 2.30 bits per heavy atom. The maximum Gasteiger partial charge on any atom is 0.280 e. The Balaban J connectivity index is 1.72. The predicted octanol–water partition coefficient (Wildman–Crippen LogP) is 3.42. The van der Waals surface area contributed by atoms with Crippen LogP contribution < -0.4 is 10.9 Å². The Bertz CT molecular complexity index is 887. The molecule has 2 N–H and O–H groups in total. The van der Waals surface area contributed by atoms with Crippen molar-refractivity contribution in [2.45, 2.75) is 6.92 Å². The second kappa shape index (κ2) is 6.18. The van der Waals surface area contributed by atoms with E-state index >= 15 is 0 Å². The molecule has 0 fully saturated rings. The van der Waals surface area contributed by atoms with Gasteiger partial charge in [0.05, 0.1) is 4.88 Å². The minimum absolute atomic E-state index is 0.264. The number of rotatable bonds is 2. The molecule has 6 heteroatoms. The molecule has 0 radical (unpaired) electrons. The third-order valence-electron chi connectivity index (χ3n) is 3.45. The number of fused-ring (bicyclic) bond motifs is 1. The fourth-order valence-electron chi connectivity index (χ4n) is 2.23. The molecule has 0 saturated carbocycles. The SMILES string of the molecule is Cc1c(C(=O)NNC(=O)c2ccc(F)cc2)sc2ccccc12. The van der Waals surface area contributed by atoms with Gasteiger partial charge in [-0.3, -0.25) is 20.4 Å². The number of benzene rings is 2. The van der Waals surface area contributed by atoms with Crippen LogP contribution in [0, 0.1) is 12.7 Å². The number of hydrogen-bond acceptors (Lipinski definition) is 3. The smallest absolute Gasteiger partial charge is 0.267 e. The summed E-state index contributed by atoms with van der Waals surface area (Å²) in [6, 6.07) is 12.8. The van der Waals surface area contributed by atoms with Gasteiger partial charge in [0, 0.05) is 10.3 Å². The maximum absolute atomic E-state index is 12.8. The van der Waals surface area contributed by atoms with Gasteiger partial charge in [0.2, 0.25) is 0 Å². The van der Waals surface area contributed by atoms with E-state index in [0.29, 0.717) is 4.88 Å². The highest BCUT2D eigenvalue weighted by molar-refractivity contribution is 7.21. The summed E-state index contributed by atoms with van der Waals surface area (Å²) in [5.74, 6) is -1.30. The fourth-order valence-corrected chi connectivity index (χ4v) is 3.34. The van der Waals surface area contributed by atoms with Gasteiger partial charge in [0.15, 0.2) is 0 Å². The molecule has 3 rings (SSSR count). The number of carbonyl (C=O) groups is 2. The van der Waals surface area contributed by atoms with Crippen molar-refractivity contribution in [2.75, 3.05) is 0 Å². The number of carbonyl (C=O) groups excluding carboxylic acids is 2. The maximum atomic E-state index is 12.8. The van der Waals surface area contributed by atoms with E-state index in [2.05, 4.69) is 10.9 Å². The number of hydrogen-bond donors (Lipinski definition) is 2. The molecule has 3 aromatic rings. The molecule has 0 aliphatic rings. The molecule has 2 amide bonds. The minimum atomic E-state index is -0.503. The second-order valence-electron chi connectivity index (χ2n) is 4.97. The number of aryl methyl sites for hydroxylation is 1. The first-order chi connectivity index (χ1) is 11.1. The number of halogens is 1. The third kappa shape index (κ3) is 3.07. The Kier molecular flexibility index (Phi) is 4.08. The van der Waals surface area contributed by atoms with E-state index in [1.165, 1.54) is 35.6 Å². The first-order valence-corrected chi connectivity index (χ1v) is 7.72. The van der Waals surface area contributed by atoms with E-state index in [-0.39, 0.29) is 11.5 Å². The summed E-state index contributed by atoms with van der Waals surface area (Å²) >= 11 is 1.37. The average Bonchev–Trinajstić information content (AvgIpc) is 2.90. The molecule has 4 nitrogen and oxygen atoms in total. The highest BCUT2D eigenvalue weighted by atomic mass is 32.1. The molecular formula is C17H13FN2O2S. The van der Waals surface area contributed by atoms with Crippen molar-refractivity contribution in [1.82, 2.24) is 10.9 Å². The minimum Gasteiger partial charge on any atom is -0.267 e. The van der Waals surface area contributed by atoms with E-state index in [1.54, 1.807) is 0 Å². The lowest BCUT2D eigenvalue weighted by Crippen LogP contribution is -2.41. The van der Waals surface area contributed by atoms with Crippen molar-refractivity contribution in [3.63, 3.8) is 0 Å². The molecule has 0 saturated heterocycles. The molecular weight excluding hydrogens is 315 g/mol. The quantitative estimate of drug-likeness (QED) is 0.708. The van der Waals surface area contributed by atoms with Crippen LogP contribution in [-0.4, -0.2) is 11.8 Å². The van der Waals surface area contributed by atoms with Crippen LogP contribution >= 0.6 is 11.3 Å². The Morgan fingerprint density at radius 1 is 0.957 bits per heavy atom. The topological polar surface area (TPSA) is 58.2 Å². The zero-order valence-electron chi connectivity index (χ0n) is 12.2. The zero-order chi connectivity index (χ0) is 16.4. The van der Waals surface area contributed by atoms with Crippen molar-refractivity contribution in [2.24, 2.45) is 0 Å². The first kappa shape index (κ1) is 15.2. The number of hydrazine groups is 1. The number of thiophene rings is 1. The van der Waals surface area contributed by atoms with E-state index in [1.807, 2.05) is 31.2 Å². The van der Waals surface area contributed by atoms with Crippen LogP contribution in [0.25, 0.3) is 10.1 Å². The lowest BCUT2D eigenvalue weighted by atomic mass is 10.1. The zero-order valence-corrected chi connectivity index (χ0v) is 13.0. The molecule has 2 aromatic carbocycles. The van der Waals surface area contributed by atoms with Gasteiger partial charge in [-0.2, -0.15) is 0 Å². The molecule has 0 aliphatic carbocycles. The summed E-state index contributed by atoms with van der Waals surface area (Å²) in [5, 5.41) is 1.02. The molecule has 0 bridgehead atoms. The largest absolute Gasteiger partial charge is 0.280 e. The molecule has 0 spiro atoms. The molecule has 0 aliphatic heterocycles. The monoisotopic (exact) mass is 328 g/mol. The lowest BCUT2D eigenvalue weighted by Gasteiger charge is -2.07. The first-order valence-electron chi connectivity index (χ1n) is 6.90. The van der Waals surface area contributed by atoms with Crippen molar-refractivity contribution >= 4 is 33.2 Å². The van der Waals surface area contributed by atoms with Crippen LogP contribution in [0.4, 0.5) is 4.39 Å². The van der Waals surface area contributed by atoms with Crippen molar-refractivity contribution in [3.05, 3.63) is 70.4 Å². The van der Waals surface area contributed by atoms with Crippen LogP contribution in [0.5, 0.6) is 0 Å². The highest BCUT2D eigenvalue weighted by Crippen LogP contribution is 2.30. The molecule has 1 heterocycles. The fraction of sp³-hybridized carbons (Fsp3) is 0.0588. The van der Waals surface area contributed by atoms with E-state index in [9.17, 15) is 14.0 Å². The summed E-state index contributed by atoms with van der Waals surface area (Å²) < 4.78 is 13.8. The molecule has 0 unspecified atom stereocenters. The van der Waals surface area contributed by atoms with Crippen LogP contribution in [0.15, 0.2) is 48.5 Å². The summed E-state index contributed by atoms with van der Waals surface area (Å²) in [4.78, 5) is 24.7. The van der Waals surface area contributed by atoms with Crippen LogP contribution in [0.2, 0.25) is 0 Å². The van der Waals surface area contributed by atoms with E-state index in [4.69, 9.17) is 0 Å².